The molecule has 0 aliphatic carbocycles. The predicted molar refractivity (Wildman–Crippen MR) is 84.2 cm³/mol. The van der Waals surface area contributed by atoms with Crippen LogP contribution in [-0.4, -0.2) is 29.9 Å². The molecule has 1 rings (SSSR count). The molecule has 0 heterocycles. The lowest BCUT2D eigenvalue weighted by atomic mass is 10.2. The average Bonchev–Trinajstić information content (AvgIpc) is 2.42. The highest BCUT2D eigenvalue weighted by Crippen LogP contribution is 2.00. The molecule has 0 unspecified atom stereocenters. The molecule has 0 aliphatic heterocycles. The fraction of sp³-hybridized carbons (Fsp3) is 0.600. The molecule has 102 valence electrons. The lowest BCUT2D eigenvalue weighted by molar-refractivity contribution is 0.572. The third-order valence-corrected chi connectivity index (χ3v) is 3.81. The lowest BCUT2D eigenvalue weighted by Crippen LogP contribution is -2.27. The molecule has 0 fully saturated rings. The molecule has 0 aromatic heterocycles. The van der Waals surface area contributed by atoms with E-state index in [1.165, 1.54) is 54.1 Å². The quantitative estimate of drug-likeness (QED) is 0.470. The molecule has 3 heteroatoms. The van der Waals surface area contributed by atoms with Crippen LogP contribution in [0.15, 0.2) is 30.3 Å². The Morgan fingerprint density at radius 2 is 1.50 bits per heavy atom. The van der Waals surface area contributed by atoms with Crippen molar-refractivity contribution in [3.8, 4) is 0 Å². The number of rotatable bonds is 11. The van der Waals surface area contributed by atoms with Crippen LogP contribution in [0, 0.1) is 0 Å². The number of hydrogen-bond acceptors (Lipinski definition) is 2. The second kappa shape index (κ2) is 11.4. The van der Waals surface area contributed by atoms with Crippen molar-refractivity contribution < 1.29 is 0 Å². The minimum atomic E-state index is 0.975. The Hall–Kier alpha value is -0.643. The van der Waals surface area contributed by atoms with Crippen molar-refractivity contribution in [3.05, 3.63) is 35.9 Å². The van der Waals surface area contributed by atoms with E-state index in [2.05, 4.69) is 41.0 Å². The van der Waals surface area contributed by atoms with Gasteiger partial charge in [-0.05, 0) is 18.5 Å². The zero-order valence-corrected chi connectivity index (χ0v) is 13.8. The van der Waals surface area contributed by atoms with Gasteiger partial charge < -0.3 is 10.6 Å². The molecule has 18 heavy (non-hydrogen) atoms. The summed E-state index contributed by atoms with van der Waals surface area (Å²) in [6.07, 6.45) is 5.61. The van der Waals surface area contributed by atoms with Gasteiger partial charge in [0.25, 0.3) is 0 Å². The number of hydrogen-bond donors (Lipinski definition) is 2. The van der Waals surface area contributed by atoms with Gasteiger partial charge in [-0.3, -0.25) is 0 Å². The Bertz CT molecular complexity index is 277. The highest BCUT2D eigenvalue weighted by molar-refractivity contribution is 6.08. The van der Waals surface area contributed by atoms with Crippen LogP contribution in [-0.2, 0) is 6.54 Å². The molecule has 0 radical (unpaired) electrons. The van der Waals surface area contributed by atoms with Crippen LogP contribution in [0.2, 0.25) is 6.04 Å². The molecule has 0 saturated carbocycles. The summed E-state index contributed by atoms with van der Waals surface area (Å²) in [5.74, 6) is 0. The molecule has 2 nitrogen and oxygen atoms in total. The monoisotopic (exact) mass is 264 g/mol. The summed E-state index contributed by atoms with van der Waals surface area (Å²) in [6.45, 7) is 4.28. The Labute approximate surface area is 115 Å². The van der Waals surface area contributed by atoms with Crippen molar-refractivity contribution in [1.82, 2.24) is 10.6 Å². The maximum absolute atomic E-state index is 3.49. The number of nitrogens with one attached hydrogen (secondary N) is 2. The summed E-state index contributed by atoms with van der Waals surface area (Å²) >= 11 is 0. The van der Waals surface area contributed by atoms with Gasteiger partial charge >= 0.3 is 0 Å². The zero-order chi connectivity index (χ0) is 12.9. The summed E-state index contributed by atoms with van der Waals surface area (Å²) in [4.78, 5) is 0. The SMILES string of the molecule is [SiH3]CCCCCCNCCNCc1ccccc1. The molecular formula is C15H28N2Si. The zero-order valence-electron chi connectivity index (χ0n) is 11.8. The first kappa shape index (κ1) is 15.4. The minimum absolute atomic E-state index is 0.975. The standard InChI is InChI=1S/C15H28N2Si/c18-13-7-2-1-6-10-16-11-12-17-14-15-8-4-3-5-9-15/h3-5,8-9,16-17H,1-2,6-7,10-14H2,18H3. The van der Waals surface area contributed by atoms with Gasteiger partial charge in [-0.1, -0.05) is 55.6 Å². The smallest absolute Gasteiger partial charge is 0.0206 e. The van der Waals surface area contributed by atoms with Crippen LogP contribution < -0.4 is 10.6 Å². The summed E-state index contributed by atoms with van der Waals surface area (Å²) in [5.41, 5.74) is 1.36. The Balaban J connectivity index is 1.82. The van der Waals surface area contributed by atoms with E-state index in [1.54, 1.807) is 0 Å². The van der Waals surface area contributed by atoms with Crippen LogP contribution in [0.4, 0.5) is 0 Å². The van der Waals surface area contributed by atoms with Crippen LogP contribution >= 0.6 is 0 Å². The van der Waals surface area contributed by atoms with E-state index in [1.807, 2.05) is 0 Å². The second-order valence-corrected chi connectivity index (χ2v) is 5.83. The first-order valence-electron chi connectivity index (χ1n) is 7.39. The third kappa shape index (κ3) is 8.45. The van der Waals surface area contributed by atoms with Gasteiger partial charge in [-0.15, -0.1) is 0 Å². The summed E-state index contributed by atoms with van der Waals surface area (Å²) in [5, 5.41) is 6.95. The molecule has 1 aromatic carbocycles. The van der Waals surface area contributed by atoms with E-state index in [0.717, 1.165) is 19.6 Å². The molecule has 0 amide bonds. The van der Waals surface area contributed by atoms with Crippen molar-refractivity contribution in [3.63, 3.8) is 0 Å². The van der Waals surface area contributed by atoms with Gasteiger partial charge in [0.15, 0.2) is 0 Å². The van der Waals surface area contributed by atoms with E-state index >= 15 is 0 Å². The lowest BCUT2D eigenvalue weighted by Gasteiger charge is -2.06. The molecule has 0 aliphatic rings. The Kier molecular flexibility index (Phi) is 9.80. The first-order chi connectivity index (χ1) is 8.93. The highest BCUT2D eigenvalue weighted by Gasteiger charge is 1.91. The fourth-order valence-electron chi connectivity index (χ4n) is 1.98. The van der Waals surface area contributed by atoms with Crippen LogP contribution in [0.25, 0.3) is 0 Å². The van der Waals surface area contributed by atoms with Crippen LogP contribution in [0.1, 0.15) is 31.2 Å². The Morgan fingerprint density at radius 1 is 0.778 bits per heavy atom. The second-order valence-electron chi connectivity index (χ2n) is 4.83. The Morgan fingerprint density at radius 3 is 2.28 bits per heavy atom. The number of unbranched alkanes of at least 4 members (excludes halogenated alkanes) is 3. The van der Waals surface area contributed by atoms with Gasteiger partial charge in [0, 0.05) is 29.9 Å². The van der Waals surface area contributed by atoms with Gasteiger partial charge in [0.05, 0.1) is 0 Å². The topological polar surface area (TPSA) is 24.1 Å². The maximum atomic E-state index is 3.49. The molecule has 0 bridgehead atoms. The van der Waals surface area contributed by atoms with Crippen LogP contribution in [0.3, 0.4) is 0 Å². The first-order valence-corrected chi connectivity index (χ1v) is 8.80. The molecular weight excluding hydrogens is 236 g/mol. The maximum Gasteiger partial charge on any atom is 0.0206 e. The number of benzene rings is 1. The molecule has 0 atom stereocenters. The van der Waals surface area contributed by atoms with E-state index in [0.29, 0.717) is 0 Å². The summed E-state index contributed by atoms with van der Waals surface area (Å²) in [7, 11) is 1.38. The molecule has 0 spiro atoms. The van der Waals surface area contributed by atoms with Crippen molar-refractivity contribution >= 4 is 10.2 Å². The minimum Gasteiger partial charge on any atom is -0.315 e. The van der Waals surface area contributed by atoms with Gasteiger partial charge in [0.2, 0.25) is 0 Å². The van der Waals surface area contributed by atoms with E-state index in [4.69, 9.17) is 0 Å². The van der Waals surface area contributed by atoms with Gasteiger partial charge in [-0.25, -0.2) is 0 Å². The van der Waals surface area contributed by atoms with E-state index in [-0.39, 0.29) is 0 Å². The summed E-state index contributed by atoms with van der Waals surface area (Å²) < 4.78 is 0. The van der Waals surface area contributed by atoms with Gasteiger partial charge in [0.1, 0.15) is 0 Å². The van der Waals surface area contributed by atoms with E-state index < -0.39 is 0 Å². The third-order valence-electron chi connectivity index (χ3n) is 3.11. The molecule has 1 aromatic rings. The van der Waals surface area contributed by atoms with Crippen molar-refractivity contribution in [1.29, 1.82) is 0 Å². The normalized spacial score (nSPS) is 10.9. The van der Waals surface area contributed by atoms with Crippen molar-refractivity contribution in [2.45, 2.75) is 38.3 Å². The van der Waals surface area contributed by atoms with Gasteiger partial charge in [-0.2, -0.15) is 0 Å². The fourth-order valence-corrected chi connectivity index (χ4v) is 2.48. The molecule has 2 N–H and O–H groups in total. The van der Waals surface area contributed by atoms with Crippen molar-refractivity contribution in [2.75, 3.05) is 19.6 Å². The van der Waals surface area contributed by atoms with Crippen LogP contribution in [0.5, 0.6) is 0 Å². The van der Waals surface area contributed by atoms with Crippen molar-refractivity contribution in [2.24, 2.45) is 0 Å². The predicted octanol–water partition coefficient (Wildman–Crippen LogP) is 1.71. The average molecular weight is 264 g/mol. The van der Waals surface area contributed by atoms with E-state index in [9.17, 15) is 0 Å². The summed E-state index contributed by atoms with van der Waals surface area (Å²) in [6, 6.07) is 12.0. The molecule has 0 saturated heterocycles. The highest BCUT2D eigenvalue weighted by atomic mass is 28.1. The largest absolute Gasteiger partial charge is 0.315 e.